The summed E-state index contributed by atoms with van der Waals surface area (Å²) < 4.78 is 4.99. The lowest BCUT2D eigenvalue weighted by Crippen LogP contribution is -2.16. The molecule has 1 rings (SSSR count). The number of hydrogen-bond acceptors (Lipinski definition) is 4. The lowest BCUT2D eigenvalue weighted by atomic mass is 10.1. The molecule has 0 saturated heterocycles. The van der Waals surface area contributed by atoms with Crippen molar-refractivity contribution in [2.45, 2.75) is 46.1 Å². The fraction of sp³-hybridized carbons (Fsp3) is 0.533. The molecule has 0 aromatic heterocycles. The van der Waals surface area contributed by atoms with Crippen LogP contribution in [0.1, 0.15) is 50.4 Å². The Bertz CT molecular complexity index is 419. The number of carbonyl (C=O) groups excluding carboxylic acids is 1. The zero-order chi connectivity index (χ0) is 14.3. The van der Waals surface area contributed by atoms with Gasteiger partial charge in [-0.2, -0.15) is 0 Å². The Morgan fingerprint density at radius 1 is 1.42 bits per heavy atom. The summed E-state index contributed by atoms with van der Waals surface area (Å²) in [6.45, 7) is 6.45. The maximum absolute atomic E-state index is 11.7. The predicted molar refractivity (Wildman–Crippen MR) is 79.4 cm³/mol. The summed E-state index contributed by atoms with van der Waals surface area (Å²) in [5.41, 5.74) is 7.90. The minimum Gasteiger partial charge on any atom is -0.462 e. The van der Waals surface area contributed by atoms with Gasteiger partial charge < -0.3 is 15.8 Å². The molecule has 4 nitrogen and oxygen atoms in total. The summed E-state index contributed by atoms with van der Waals surface area (Å²) in [6.07, 6.45) is 3.43. The van der Waals surface area contributed by atoms with Gasteiger partial charge >= 0.3 is 5.97 Å². The summed E-state index contributed by atoms with van der Waals surface area (Å²) in [6, 6.07) is 5.52. The van der Waals surface area contributed by atoms with Crippen LogP contribution in [0.4, 0.5) is 11.4 Å². The Hall–Kier alpha value is -1.71. The van der Waals surface area contributed by atoms with E-state index in [1.54, 1.807) is 25.1 Å². The highest BCUT2D eigenvalue weighted by Crippen LogP contribution is 2.22. The topological polar surface area (TPSA) is 64.3 Å². The van der Waals surface area contributed by atoms with Gasteiger partial charge in [-0.3, -0.25) is 0 Å². The first-order valence-electron chi connectivity index (χ1n) is 6.91. The van der Waals surface area contributed by atoms with Crippen molar-refractivity contribution in [2.75, 3.05) is 17.7 Å². The molecule has 1 aromatic carbocycles. The van der Waals surface area contributed by atoms with E-state index in [1.807, 2.05) is 0 Å². The zero-order valence-electron chi connectivity index (χ0n) is 12.0. The molecule has 0 fully saturated rings. The standard InChI is InChI=1S/C15H24N2O2/c1-4-6-7-11(3)17-14-10-12(8-9-13(14)16)15(18)19-5-2/h8-11,17H,4-7,16H2,1-3H3. The highest BCUT2D eigenvalue weighted by molar-refractivity contribution is 5.92. The molecule has 0 amide bonds. The number of anilines is 2. The molecule has 0 radical (unpaired) electrons. The van der Waals surface area contributed by atoms with Gasteiger partial charge in [-0.1, -0.05) is 19.8 Å². The van der Waals surface area contributed by atoms with Crippen molar-refractivity contribution in [3.8, 4) is 0 Å². The Kier molecular flexibility index (Phi) is 6.19. The van der Waals surface area contributed by atoms with Crippen molar-refractivity contribution >= 4 is 17.3 Å². The second kappa shape index (κ2) is 7.67. The van der Waals surface area contributed by atoms with Crippen LogP contribution in [-0.2, 0) is 4.74 Å². The van der Waals surface area contributed by atoms with Crippen molar-refractivity contribution < 1.29 is 9.53 Å². The second-order valence-electron chi connectivity index (χ2n) is 4.71. The van der Waals surface area contributed by atoms with Crippen molar-refractivity contribution in [3.63, 3.8) is 0 Å². The molecule has 1 unspecified atom stereocenters. The third-order valence-corrected chi connectivity index (χ3v) is 2.96. The minimum absolute atomic E-state index is 0.313. The molecule has 0 aliphatic heterocycles. The van der Waals surface area contributed by atoms with E-state index in [0.717, 1.165) is 12.1 Å². The van der Waals surface area contributed by atoms with Crippen LogP contribution in [0.2, 0.25) is 0 Å². The van der Waals surface area contributed by atoms with Gasteiger partial charge in [0.15, 0.2) is 0 Å². The summed E-state index contributed by atoms with van der Waals surface area (Å²) >= 11 is 0. The second-order valence-corrected chi connectivity index (χ2v) is 4.71. The van der Waals surface area contributed by atoms with E-state index in [2.05, 4.69) is 19.2 Å². The number of rotatable bonds is 7. The smallest absolute Gasteiger partial charge is 0.338 e. The minimum atomic E-state index is -0.313. The van der Waals surface area contributed by atoms with E-state index in [1.165, 1.54) is 12.8 Å². The molecule has 3 N–H and O–H groups in total. The monoisotopic (exact) mass is 264 g/mol. The van der Waals surface area contributed by atoms with Gasteiger partial charge in [0.1, 0.15) is 0 Å². The van der Waals surface area contributed by atoms with Gasteiger partial charge in [-0.15, -0.1) is 0 Å². The summed E-state index contributed by atoms with van der Waals surface area (Å²) in [7, 11) is 0. The average Bonchev–Trinajstić information content (AvgIpc) is 2.39. The van der Waals surface area contributed by atoms with Gasteiger partial charge in [0.25, 0.3) is 0 Å². The van der Waals surface area contributed by atoms with E-state index in [9.17, 15) is 4.79 Å². The van der Waals surface area contributed by atoms with E-state index < -0.39 is 0 Å². The molecule has 4 heteroatoms. The van der Waals surface area contributed by atoms with Crippen LogP contribution in [0.25, 0.3) is 0 Å². The molecular formula is C15H24N2O2. The van der Waals surface area contributed by atoms with E-state index in [0.29, 0.717) is 23.9 Å². The third-order valence-electron chi connectivity index (χ3n) is 2.96. The summed E-state index contributed by atoms with van der Waals surface area (Å²) in [5, 5.41) is 3.35. The van der Waals surface area contributed by atoms with Gasteiger partial charge in [-0.25, -0.2) is 4.79 Å². The fourth-order valence-corrected chi connectivity index (χ4v) is 1.87. The van der Waals surface area contributed by atoms with Crippen LogP contribution in [0.3, 0.4) is 0 Å². The normalized spacial score (nSPS) is 11.9. The van der Waals surface area contributed by atoms with Crippen LogP contribution in [0.15, 0.2) is 18.2 Å². The average molecular weight is 264 g/mol. The molecule has 0 bridgehead atoms. The van der Waals surface area contributed by atoms with Crippen LogP contribution in [0.5, 0.6) is 0 Å². The Morgan fingerprint density at radius 3 is 2.79 bits per heavy atom. The number of nitrogens with one attached hydrogen (secondary N) is 1. The number of unbranched alkanes of at least 4 members (excludes halogenated alkanes) is 1. The van der Waals surface area contributed by atoms with Crippen LogP contribution in [0, 0.1) is 0 Å². The summed E-state index contributed by atoms with van der Waals surface area (Å²) in [4.78, 5) is 11.7. The molecule has 19 heavy (non-hydrogen) atoms. The number of nitrogen functional groups attached to an aromatic ring is 1. The van der Waals surface area contributed by atoms with E-state index in [4.69, 9.17) is 10.5 Å². The molecular weight excluding hydrogens is 240 g/mol. The molecule has 1 atom stereocenters. The summed E-state index contributed by atoms with van der Waals surface area (Å²) in [5.74, 6) is -0.313. The molecule has 0 aliphatic rings. The largest absolute Gasteiger partial charge is 0.462 e. The van der Waals surface area contributed by atoms with Gasteiger partial charge in [0.05, 0.1) is 23.5 Å². The maximum Gasteiger partial charge on any atom is 0.338 e. The highest BCUT2D eigenvalue weighted by Gasteiger charge is 2.10. The first-order valence-corrected chi connectivity index (χ1v) is 6.91. The lowest BCUT2D eigenvalue weighted by molar-refractivity contribution is 0.0526. The SMILES string of the molecule is CCCCC(C)Nc1cc(C(=O)OCC)ccc1N. The van der Waals surface area contributed by atoms with E-state index in [-0.39, 0.29) is 5.97 Å². The van der Waals surface area contributed by atoms with E-state index >= 15 is 0 Å². The highest BCUT2D eigenvalue weighted by atomic mass is 16.5. The first kappa shape index (κ1) is 15.3. The molecule has 0 aliphatic carbocycles. The van der Waals surface area contributed by atoms with Crippen LogP contribution < -0.4 is 11.1 Å². The predicted octanol–water partition coefficient (Wildman–Crippen LogP) is 3.44. The maximum atomic E-state index is 11.7. The molecule has 0 heterocycles. The number of carbonyl (C=O) groups is 1. The van der Waals surface area contributed by atoms with Crippen LogP contribution >= 0.6 is 0 Å². The third kappa shape index (κ3) is 4.81. The van der Waals surface area contributed by atoms with Crippen molar-refractivity contribution in [1.29, 1.82) is 0 Å². The number of hydrogen-bond donors (Lipinski definition) is 2. The lowest BCUT2D eigenvalue weighted by Gasteiger charge is -2.17. The first-order chi connectivity index (χ1) is 9.08. The Labute approximate surface area is 115 Å². The van der Waals surface area contributed by atoms with Gasteiger partial charge in [0, 0.05) is 6.04 Å². The Balaban J connectivity index is 2.76. The Morgan fingerprint density at radius 2 is 2.16 bits per heavy atom. The molecule has 0 saturated carbocycles. The molecule has 106 valence electrons. The van der Waals surface area contributed by atoms with Crippen LogP contribution in [-0.4, -0.2) is 18.6 Å². The quantitative estimate of drug-likeness (QED) is 0.585. The number of ether oxygens (including phenoxy) is 1. The fourth-order valence-electron chi connectivity index (χ4n) is 1.87. The van der Waals surface area contributed by atoms with Crippen molar-refractivity contribution in [1.82, 2.24) is 0 Å². The molecule has 0 spiro atoms. The number of nitrogens with two attached hydrogens (primary N) is 1. The number of esters is 1. The van der Waals surface area contributed by atoms with Crippen molar-refractivity contribution in [3.05, 3.63) is 23.8 Å². The molecule has 1 aromatic rings. The zero-order valence-corrected chi connectivity index (χ0v) is 12.0. The van der Waals surface area contributed by atoms with Crippen molar-refractivity contribution in [2.24, 2.45) is 0 Å². The van der Waals surface area contributed by atoms with Gasteiger partial charge in [0.2, 0.25) is 0 Å². The van der Waals surface area contributed by atoms with Gasteiger partial charge in [-0.05, 0) is 38.5 Å². The number of benzene rings is 1.